The summed E-state index contributed by atoms with van der Waals surface area (Å²) < 4.78 is 40.3. The van der Waals surface area contributed by atoms with Gasteiger partial charge in [-0.05, 0) is 25.1 Å². The van der Waals surface area contributed by atoms with E-state index in [2.05, 4.69) is 19.9 Å². The molecule has 1 N–H and O–H groups in total. The Bertz CT molecular complexity index is 1400. The zero-order valence-corrected chi connectivity index (χ0v) is 18.7. The summed E-state index contributed by atoms with van der Waals surface area (Å²) >= 11 is 7.74. The molecule has 0 spiro atoms. The van der Waals surface area contributed by atoms with Crippen molar-refractivity contribution >= 4 is 50.2 Å². The van der Waals surface area contributed by atoms with Crippen LogP contribution in [0.15, 0.2) is 47.1 Å². The molecule has 13 heteroatoms. The summed E-state index contributed by atoms with van der Waals surface area (Å²) in [5.41, 5.74) is 1.02. The molecule has 0 bridgehead atoms. The molecule has 0 unspecified atom stereocenters. The van der Waals surface area contributed by atoms with Gasteiger partial charge >= 0.3 is 0 Å². The number of nitrogens with one attached hydrogen (secondary N) is 1. The normalized spacial score (nSPS) is 11.5. The number of thiazole rings is 2. The molecule has 158 valence electrons. The van der Waals surface area contributed by atoms with Gasteiger partial charge in [-0.2, -0.15) is 0 Å². The van der Waals surface area contributed by atoms with E-state index in [-0.39, 0.29) is 20.1 Å². The molecule has 0 aliphatic heterocycles. The van der Waals surface area contributed by atoms with E-state index in [0.717, 1.165) is 17.5 Å². The lowest BCUT2D eigenvalue weighted by Gasteiger charge is -2.06. The number of rotatable bonds is 5. The van der Waals surface area contributed by atoms with Crippen LogP contribution in [0.4, 0.5) is 4.39 Å². The number of halogens is 2. The van der Waals surface area contributed by atoms with Crippen LogP contribution in [0.1, 0.15) is 16.2 Å². The van der Waals surface area contributed by atoms with Crippen molar-refractivity contribution in [1.82, 2.24) is 24.7 Å². The average Bonchev–Trinajstić information content (AvgIpc) is 3.35. The monoisotopic (exact) mass is 495 g/mol. The van der Waals surface area contributed by atoms with Crippen molar-refractivity contribution in [1.29, 1.82) is 0 Å². The van der Waals surface area contributed by atoms with Crippen molar-refractivity contribution in [2.75, 3.05) is 0 Å². The second-order valence-corrected chi connectivity index (χ2v) is 10.6. The van der Waals surface area contributed by atoms with Crippen molar-refractivity contribution in [2.24, 2.45) is 0 Å². The first-order valence-electron chi connectivity index (χ1n) is 8.47. The minimum atomic E-state index is -4.15. The number of aryl methyl sites for hydroxylation is 1. The fraction of sp³-hybridized carbons (Fsp3) is 0.0556. The number of nitrogens with zero attached hydrogens (tertiary/aromatic N) is 4. The Kier molecular flexibility index (Phi) is 5.79. The Hall–Kier alpha value is -2.80. The quantitative estimate of drug-likeness (QED) is 0.445. The molecule has 0 radical (unpaired) electrons. The number of amides is 1. The van der Waals surface area contributed by atoms with E-state index >= 15 is 0 Å². The summed E-state index contributed by atoms with van der Waals surface area (Å²) in [6.07, 6.45) is 4.12. The maximum Gasteiger partial charge on any atom is 0.283 e. The highest BCUT2D eigenvalue weighted by atomic mass is 35.5. The first kappa shape index (κ1) is 21.4. The predicted molar refractivity (Wildman–Crippen MR) is 115 cm³/mol. The minimum absolute atomic E-state index is 0.0555. The smallest absolute Gasteiger partial charge is 0.266 e. The zero-order chi connectivity index (χ0) is 22.2. The highest BCUT2D eigenvalue weighted by molar-refractivity contribution is 7.92. The van der Waals surface area contributed by atoms with Crippen LogP contribution >= 0.6 is 34.3 Å². The third-order valence-corrected chi connectivity index (χ3v) is 8.16. The maximum absolute atomic E-state index is 13.4. The zero-order valence-electron chi connectivity index (χ0n) is 15.5. The molecule has 0 saturated carbocycles. The predicted octanol–water partition coefficient (Wildman–Crippen LogP) is 3.94. The Morgan fingerprint density at radius 2 is 1.97 bits per heavy atom. The van der Waals surface area contributed by atoms with Crippen LogP contribution in [0, 0.1) is 12.7 Å². The van der Waals surface area contributed by atoms with Crippen molar-refractivity contribution < 1.29 is 17.6 Å². The van der Waals surface area contributed by atoms with Gasteiger partial charge in [0.1, 0.15) is 16.5 Å². The van der Waals surface area contributed by atoms with Crippen LogP contribution in [0.3, 0.4) is 0 Å². The van der Waals surface area contributed by atoms with E-state index in [1.165, 1.54) is 42.8 Å². The van der Waals surface area contributed by atoms with Gasteiger partial charge < -0.3 is 0 Å². The lowest BCUT2D eigenvalue weighted by molar-refractivity contribution is 0.0976. The first-order valence-corrected chi connectivity index (χ1v) is 12.0. The molecular weight excluding hydrogens is 485 g/mol. The Morgan fingerprint density at radius 3 is 2.68 bits per heavy atom. The van der Waals surface area contributed by atoms with Crippen LogP contribution < -0.4 is 4.72 Å². The molecule has 0 aliphatic carbocycles. The summed E-state index contributed by atoms with van der Waals surface area (Å²) in [7, 11) is -4.15. The molecule has 0 aliphatic rings. The fourth-order valence-corrected chi connectivity index (χ4v) is 6.14. The molecule has 4 aromatic rings. The van der Waals surface area contributed by atoms with Gasteiger partial charge in [0, 0.05) is 18.0 Å². The van der Waals surface area contributed by atoms with Crippen molar-refractivity contribution in [3.05, 3.63) is 64.5 Å². The van der Waals surface area contributed by atoms with Gasteiger partial charge in [0.2, 0.25) is 0 Å². The number of carbonyl (C=O) groups excluding carboxylic acids is 1. The molecule has 0 aromatic carbocycles. The molecule has 1 amide bonds. The summed E-state index contributed by atoms with van der Waals surface area (Å²) in [6.45, 7) is 1.48. The second kappa shape index (κ2) is 8.38. The van der Waals surface area contributed by atoms with E-state index in [1.54, 1.807) is 12.1 Å². The number of hydrogen-bond donors (Lipinski definition) is 1. The lowest BCUT2D eigenvalue weighted by Crippen LogP contribution is -2.31. The molecule has 0 atom stereocenters. The molecule has 8 nitrogen and oxygen atoms in total. The average molecular weight is 496 g/mol. The minimum Gasteiger partial charge on any atom is -0.266 e. The maximum atomic E-state index is 13.4. The Balaban J connectivity index is 1.59. The number of hydrogen-bond acceptors (Lipinski definition) is 9. The molecule has 0 fully saturated rings. The van der Waals surface area contributed by atoms with Gasteiger partial charge in [0.05, 0.1) is 22.5 Å². The fourth-order valence-electron chi connectivity index (χ4n) is 2.57. The van der Waals surface area contributed by atoms with Crippen molar-refractivity contribution in [3.63, 3.8) is 0 Å². The van der Waals surface area contributed by atoms with E-state index in [1.807, 2.05) is 4.72 Å². The lowest BCUT2D eigenvalue weighted by atomic mass is 10.2. The standard InChI is InChI=1S/C18H11ClFN5O3S3/c1-9-17(30-18(19)23-9)31(27,28)25-15(26)13-4-2-3-12(24-13)14-8-22-16(29-14)10-5-11(20)7-21-6-10/h2-8H,1H3,(H,25,26). The van der Waals surface area contributed by atoms with Crippen LogP contribution in [0.2, 0.25) is 4.47 Å². The third-order valence-electron chi connectivity index (χ3n) is 3.89. The molecule has 4 rings (SSSR count). The third kappa shape index (κ3) is 4.61. The van der Waals surface area contributed by atoms with E-state index < -0.39 is 21.7 Å². The van der Waals surface area contributed by atoms with Gasteiger partial charge in [0.15, 0.2) is 8.68 Å². The largest absolute Gasteiger partial charge is 0.283 e. The highest BCUT2D eigenvalue weighted by Crippen LogP contribution is 2.31. The number of pyridine rings is 2. The van der Waals surface area contributed by atoms with Gasteiger partial charge in [-0.1, -0.05) is 29.0 Å². The Morgan fingerprint density at radius 1 is 1.16 bits per heavy atom. The summed E-state index contributed by atoms with van der Waals surface area (Å²) in [4.78, 5) is 29.3. The topological polar surface area (TPSA) is 115 Å². The van der Waals surface area contributed by atoms with Crippen molar-refractivity contribution in [2.45, 2.75) is 11.1 Å². The SMILES string of the molecule is Cc1nc(Cl)sc1S(=O)(=O)NC(=O)c1cccc(-c2cnc(-c3cncc(F)c3)s2)n1. The van der Waals surface area contributed by atoms with Crippen LogP contribution in [-0.2, 0) is 10.0 Å². The van der Waals surface area contributed by atoms with Crippen molar-refractivity contribution in [3.8, 4) is 21.1 Å². The van der Waals surface area contributed by atoms with E-state index in [0.29, 0.717) is 21.1 Å². The van der Waals surface area contributed by atoms with E-state index in [9.17, 15) is 17.6 Å². The van der Waals surface area contributed by atoms with Crippen LogP contribution in [0.25, 0.3) is 21.1 Å². The van der Waals surface area contributed by atoms with Gasteiger partial charge in [-0.25, -0.2) is 32.5 Å². The van der Waals surface area contributed by atoms with Gasteiger partial charge in [-0.15, -0.1) is 11.3 Å². The molecule has 4 heterocycles. The summed E-state index contributed by atoms with van der Waals surface area (Å²) in [5, 5.41) is 0.527. The molecular formula is C18H11ClFN5O3S3. The van der Waals surface area contributed by atoms with Gasteiger partial charge in [-0.3, -0.25) is 9.78 Å². The number of aromatic nitrogens is 4. The number of carbonyl (C=O) groups is 1. The molecule has 31 heavy (non-hydrogen) atoms. The number of sulfonamides is 1. The van der Waals surface area contributed by atoms with Gasteiger partial charge in [0.25, 0.3) is 15.9 Å². The second-order valence-electron chi connectivity index (χ2n) is 6.10. The van der Waals surface area contributed by atoms with E-state index in [4.69, 9.17) is 11.6 Å². The Labute approximate surface area is 188 Å². The molecule has 4 aromatic heterocycles. The van der Waals surface area contributed by atoms with Crippen LogP contribution in [0.5, 0.6) is 0 Å². The first-order chi connectivity index (χ1) is 14.7. The summed E-state index contributed by atoms with van der Waals surface area (Å²) in [6, 6.07) is 5.92. The summed E-state index contributed by atoms with van der Waals surface area (Å²) in [5.74, 6) is -1.38. The highest BCUT2D eigenvalue weighted by Gasteiger charge is 2.25. The molecule has 0 saturated heterocycles. The van der Waals surface area contributed by atoms with Crippen LogP contribution in [-0.4, -0.2) is 34.3 Å².